The molecule has 0 aliphatic heterocycles. The molecule has 5 N–H and O–H groups in total. The van der Waals surface area contributed by atoms with E-state index in [0.29, 0.717) is 24.3 Å². The Kier molecular flexibility index (Phi) is 6.21. The highest BCUT2D eigenvalue weighted by atomic mass is 16.3. The fourth-order valence-electron chi connectivity index (χ4n) is 7.32. The Bertz CT molecular complexity index is 1270. The predicted octanol–water partition coefficient (Wildman–Crippen LogP) is 3.27. The van der Waals surface area contributed by atoms with E-state index >= 15 is 0 Å². The fraction of sp³-hybridized carbons (Fsp3) is 0.552. The first-order valence-corrected chi connectivity index (χ1v) is 13.3. The van der Waals surface area contributed by atoms with Crippen LogP contribution in [0.3, 0.4) is 0 Å². The summed E-state index contributed by atoms with van der Waals surface area (Å²) in [6, 6.07) is 2.00. The number of hydrogen-bond acceptors (Lipinski definition) is 7. The molecule has 5 rings (SSSR count). The minimum Gasteiger partial charge on any atom is -0.511 e. The highest BCUT2D eigenvalue weighted by Gasteiger charge is 2.57. The number of aromatic hydroxyl groups is 1. The maximum Gasteiger partial charge on any atom is 0.255 e. The zero-order chi connectivity index (χ0) is 26.8. The second-order valence-corrected chi connectivity index (χ2v) is 11.5. The van der Waals surface area contributed by atoms with Gasteiger partial charge in [-0.25, -0.2) is 0 Å². The number of phenolic OH excluding ortho intramolecular Hbond substituents is 1. The summed E-state index contributed by atoms with van der Waals surface area (Å²) in [5.41, 5.74) is 5.78. The summed E-state index contributed by atoms with van der Waals surface area (Å²) in [5, 5.41) is 33.4. The van der Waals surface area contributed by atoms with Crippen LogP contribution < -0.4 is 10.6 Å². The van der Waals surface area contributed by atoms with Crippen LogP contribution in [0.2, 0.25) is 0 Å². The maximum absolute atomic E-state index is 14.1. The van der Waals surface area contributed by atoms with Crippen molar-refractivity contribution in [2.45, 2.75) is 70.3 Å². The van der Waals surface area contributed by atoms with Gasteiger partial charge in [-0.2, -0.15) is 0 Å². The van der Waals surface area contributed by atoms with Crippen molar-refractivity contribution in [1.82, 2.24) is 0 Å². The van der Waals surface area contributed by atoms with Crippen molar-refractivity contribution in [3.8, 4) is 5.75 Å². The van der Waals surface area contributed by atoms with Gasteiger partial charge in [0.25, 0.3) is 5.91 Å². The van der Waals surface area contributed by atoms with Gasteiger partial charge in [0.05, 0.1) is 5.56 Å². The Labute approximate surface area is 216 Å². The van der Waals surface area contributed by atoms with Crippen molar-refractivity contribution in [2.75, 3.05) is 19.0 Å². The van der Waals surface area contributed by atoms with E-state index < -0.39 is 34.5 Å². The molecule has 1 aromatic rings. The van der Waals surface area contributed by atoms with Gasteiger partial charge in [-0.15, -0.1) is 0 Å². The fourth-order valence-corrected chi connectivity index (χ4v) is 7.32. The van der Waals surface area contributed by atoms with E-state index in [1.54, 1.807) is 6.92 Å². The number of hydrogen-bond donors (Lipinski definition) is 4. The number of nitrogens with two attached hydrogens (primary N) is 1. The molecule has 4 aliphatic rings. The zero-order valence-corrected chi connectivity index (χ0v) is 21.8. The van der Waals surface area contributed by atoms with Crippen LogP contribution in [0.25, 0.3) is 0 Å². The van der Waals surface area contributed by atoms with Crippen molar-refractivity contribution in [2.24, 2.45) is 23.5 Å². The van der Waals surface area contributed by atoms with E-state index in [-0.39, 0.29) is 41.4 Å². The molecular formula is C29H36N2O6. The number of primary amides is 1. The molecule has 0 unspecified atom stereocenters. The molecule has 0 radical (unpaired) electrons. The molecule has 0 saturated heterocycles. The third kappa shape index (κ3) is 3.79. The van der Waals surface area contributed by atoms with Crippen LogP contribution in [0, 0.1) is 17.8 Å². The molecule has 8 heteroatoms. The van der Waals surface area contributed by atoms with Crippen molar-refractivity contribution in [1.29, 1.82) is 0 Å². The van der Waals surface area contributed by atoms with Crippen molar-refractivity contribution >= 4 is 23.2 Å². The molecule has 0 aromatic heterocycles. The lowest BCUT2D eigenvalue weighted by Crippen LogP contribution is -2.56. The van der Waals surface area contributed by atoms with Crippen LogP contribution in [0.5, 0.6) is 5.75 Å². The number of aliphatic hydroxyl groups excluding tert-OH is 1. The number of nitrogens with zero attached hydrogens (tertiary/aromatic N) is 1. The molecule has 1 amide bonds. The van der Waals surface area contributed by atoms with Crippen LogP contribution in [-0.2, 0) is 22.4 Å². The van der Waals surface area contributed by atoms with Crippen molar-refractivity contribution in [3.63, 3.8) is 0 Å². The lowest BCUT2D eigenvalue weighted by Gasteiger charge is -2.47. The van der Waals surface area contributed by atoms with E-state index in [9.17, 15) is 29.7 Å². The minimum absolute atomic E-state index is 0.0122. The van der Waals surface area contributed by atoms with Crippen molar-refractivity contribution < 1.29 is 29.7 Å². The standard InChI is InChI=1S/C29H36N2O6/c1-14-22-17(10-18-13-21(32)24(28(30)36)27(35)29(14,18)37)11-19-20(31(2)3)12-16(25(33)23(19)26(22)34)9-8-15-6-4-5-7-15/h12,15,17-18,32-33,37H,4-11,13H2,1-3H3,(H2,30,36)/t17-,18+,29-/m1/s1. The molecule has 1 saturated carbocycles. The lowest BCUT2D eigenvalue weighted by atomic mass is 9.58. The number of Topliss-reactive ketones (excluding diaryl/α,β-unsaturated/α-hetero) is 2. The first-order valence-electron chi connectivity index (χ1n) is 13.3. The number of ketones is 2. The third-order valence-corrected chi connectivity index (χ3v) is 9.26. The molecule has 4 aliphatic carbocycles. The lowest BCUT2D eigenvalue weighted by molar-refractivity contribution is -0.140. The number of allylic oxidation sites excluding steroid dienone is 2. The third-order valence-electron chi connectivity index (χ3n) is 9.26. The number of carbonyl (C=O) groups is 3. The summed E-state index contributed by atoms with van der Waals surface area (Å²) in [5.74, 6) is -3.21. The molecule has 3 atom stereocenters. The quantitative estimate of drug-likeness (QED) is 0.447. The average molecular weight is 509 g/mol. The SMILES string of the molecule is CC1=C2C(=O)c3c(O)c(CCC4CCCC4)cc(N(C)C)c3C[C@H]2C[C@H]2CC(O)=C(C(N)=O)C(=O)[C@@]12O. The highest BCUT2D eigenvalue weighted by molar-refractivity contribution is 6.24. The molecule has 8 nitrogen and oxygen atoms in total. The second-order valence-electron chi connectivity index (χ2n) is 11.5. The van der Waals surface area contributed by atoms with Crippen LogP contribution >= 0.6 is 0 Å². The summed E-state index contributed by atoms with van der Waals surface area (Å²) < 4.78 is 0. The first-order chi connectivity index (χ1) is 17.5. The molecule has 37 heavy (non-hydrogen) atoms. The van der Waals surface area contributed by atoms with Crippen LogP contribution in [-0.4, -0.2) is 52.5 Å². The zero-order valence-electron chi connectivity index (χ0n) is 21.8. The molecule has 0 spiro atoms. The van der Waals surface area contributed by atoms with Gasteiger partial charge < -0.3 is 26.0 Å². The van der Waals surface area contributed by atoms with E-state index in [1.165, 1.54) is 25.7 Å². The van der Waals surface area contributed by atoms with E-state index in [0.717, 1.165) is 23.2 Å². The van der Waals surface area contributed by atoms with Gasteiger partial charge in [-0.1, -0.05) is 25.7 Å². The van der Waals surface area contributed by atoms with Crippen molar-refractivity contribution in [3.05, 3.63) is 45.2 Å². The van der Waals surface area contributed by atoms with Gasteiger partial charge in [0, 0.05) is 37.7 Å². The molecular weight excluding hydrogens is 472 g/mol. The van der Waals surface area contributed by atoms with E-state index in [2.05, 4.69) is 0 Å². The van der Waals surface area contributed by atoms with Gasteiger partial charge in [-0.05, 0) is 67.2 Å². The topological polar surface area (TPSA) is 141 Å². The molecule has 0 bridgehead atoms. The van der Waals surface area contributed by atoms with Crippen LogP contribution in [0.15, 0.2) is 28.5 Å². The Balaban J connectivity index is 1.61. The summed E-state index contributed by atoms with van der Waals surface area (Å²) in [7, 11) is 3.84. The highest BCUT2D eigenvalue weighted by Crippen LogP contribution is 2.53. The number of aryl methyl sites for hydroxylation is 1. The Morgan fingerprint density at radius 2 is 1.84 bits per heavy atom. The number of aliphatic hydroxyl groups is 2. The molecule has 1 aromatic carbocycles. The van der Waals surface area contributed by atoms with Gasteiger partial charge in [0.2, 0.25) is 5.78 Å². The second kappa shape index (κ2) is 9.01. The minimum atomic E-state index is -2.10. The number of fused-ring (bicyclic) bond motifs is 3. The largest absolute Gasteiger partial charge is 0.511 e. The number of phenols is 1. The van der Waals surface area contributed by atoms with Crippen LogP contribution in [0.1, 0.15) is 73.4 Å². The predicted molar refractivity (Wildman–Crippen MR) is 138 cm³/mol. The Hall–Kier alpha value is -3.13. The normalized spacial score (nSPS) is 27.8. The van der Waals surface area contributed by atoms with Gasteiger partial charge in [-0.3, -0.25) is 14.4 Å². The summed E-state index contributed by atoms with van der Waals surface area (Å²) in [6.07, 6.45) is 7.19. The van der Waals surface area contributed by atoms with E-state index in [1.807, 2.05) is 25.1 Å². The maximum atomic E-state index is 14.1. The molecule has 198 valence electrons. The van der Waals surface area contributed by atoms with E-state index in [4.69, 9.17) is 5.73 Å². The van der Waals surface area contributed by atoms with Gasteiger partial charge in [0.1, 0.15) is 17.1 Å². The smallest absolute Gasteiger partial charge is 0.255 e. The number of anilines is 1. The Morgan fingerprint density at radius 3 is 2.46 bits per heavy atom. The average Bonchev–Trinajstić information content (AvgIpc) is 3.34. The summed E-state index contributed by atoms with van der Waals surface area (Å²) in [4.78, 5) is 41.2. The molecule has 1 fully saturated rings. The monoisotopic (exact) mass is 508 g/mol. The number of amides is 1. The Morgan fingerprint density at radius 1 is 1.16 bits per heavy atom. The number of carbonyl (C=O) groups excluding carboxylic acids is 3. The summed E-state index contributed by atoms with van der Waals surface area (Å²) in [6.45, 7) is 1.55. The summed E-state index contributed by atoms with van der Waals surface area (Å²) >= 11 is 0. The molecule has 0 heterocycles. The van der Waals surface area contributed by atoms with Gasteiger partial charge in [0.15, 0.2) is 11.4 Å². The number of rotatable bonds is 5. The first kappa shape index (κ1) is 25.5. The van der Waals surface area contributed by atoms with Crippen LogP contribution in [0.4, 0.5) is 5.69 Å². The van der Waals surface area contributed by atoms with Gasteiger partial charge >= 0.3 is 0 Å². The number of benzene rings is 1.